The number of aryl methyl sites for hydroxylation is 1. The number of para-hydroxylation sites is 1. The van der Waals surface area contributed by atoms with Gasteiger partial charge in [-0.15, -0.1) is 0 Å². The average Bonchev–Trinajstić information content (AvgIpc) is 2.78. The third-order valence-electron chi connectivity index (χ3n) is 5.16. The normalized spacial score (nSPS) is 15.0. The lowest BCUT2D eigenvalue weighted by molar-refractivity contribution is -0.134. The van der Waals surface area contributed by atoms with Crippen molar-refractivity contribution in [2.75, 3.05) is 11.9 Å². The zero-order valence-electron chi connectivity index (χ0n) is 17.6. The van der Waals surface area contributed by atoms with Crippen LogP contribution in [0, 0.1) is 0 Å². The summed E-state index contributed by atoms with van der Waals surface area (Å²) >= 11 is 0. The van der Waals surface area contributed by atoms with Crippen LogP contribution in [0.1, 0.15) is 35.8 Å². The lowest BCUT2D eigenvalue weighted by Crippen LogP contribution is -2.16. The minimum Gasteiger partial charge on any atom is -0.478 e. The lowest BCUT2D eigenvalue weighted by atomic mass is 9.90. The van der Waals surface area contributed by atoms with Crippen molar-refractivity contribution in [1.82, 2.24) is 4.98 Å². The number of carboxylic acids is 2. The third kappa shape index (κ3) is 6.15. The molecule has 4 rings (SSSR count). The summed E-state index contributed by atoms with van der Waals surface area (Å²) in [5.41, 5.74) is 5.45. The zero-order chi connectivity index (χ0) is 22.9. The molecule has 1 aromatic heterocycles. The first-order chi connectivity index (χ1) is 15.5. The maximum absolute atomic E-state index is 10.5. The number of aliphatic hydroxyl groups is 1. The van der Waals surface area contributed by atoms with E-state index in [2.05, 4.69) is 41.7 Å². The Morgan fingerprint density at radius 1 is 1.00 bits per heavy atom. The summed E-state index contributed by atoms with van der Waals surface area (Å²) in [7, 11) is 0. The molecule has 0 amide bonds. The standard InChI is InChI=1S/C21H22N2O.C4H4O4/c24-19-12-6-11-18-20(19)21(16-9-4-5-10-17(16)23-18)22-14-13-15-7-2-1-3-8-15;5-3(6)1-2-4(7)8/h1-5,7-10,19,24H,6,11-14H2,(H,22,23);1-2H,(H,5,6)(H,7,8)/b;2-1-. The van der Waals surface area contributed by atoms with Crippen LogP contribution in [0.25, 0.3) is 10.9 Å². The smallest absolute Gasteiger partial charge is 0.328 e. The Kier molecular flexibility index (Phi) is 7.94. The molecule has 3 aromatic rings. The SMILES string of the molecule is O=C(O)/C=C\C(=O)O.OC1CCCc2nc3ccccc3c(NCCc3ccccc3)c21. The molecular formula is C25H26N2O5. The second-order valence-corrected chi connectivity index (χ2v) is 7.44. The number of hydrogen-bond donors (Lipinski definition) is 4. The van der Waals surface area contributed by atoms with Gasteiger partial charge >= 0.3 is 11.9 Å². The molecular weight excluding hydrogens is 408 g/mol. The molecule has 166 valence electrons. The highest BCUT2D eigenvalue weighted by molar-refractivity contribution is 5.93. The van der Waals surface area contributed by atoms with E-state index in [0.717, 1.165) is 60.1 Å². The van der Waals surface area contributed by atoms with Gasteiger partial charge in [-0.1, -0.05) is 48.5 Å². The Balaban J connectivity index is 0.000000312. The number of aliphatic carboxylic acids is 2. The van der Waals surface area contributed by atoms with E-state index in [1.807, 2.05) is 18.2 Å². The number of fused-ring (bicyclic) bond motifs is 2. The minimum absolute atomic E-state index is 0.412. The van der Waals surface area contributed by atoms with Crippen LogP contribution in [0.4, 0.5) is 5.69 Å². The Bertz CT molecular complexity index is 1100. The van der Waals surface area contributed by atoms with Crippen LogP contribution in [0.2, 0.25) is 0 Å². The van der Waals surface area contributed by atoms with Gasteiger partial charge in [0, 0.05) is 35.3 Å². The second kappa shape index (κ2) is 11.1. The van der Waals surface area contributed by atoms with E-state index in [1.54, 1.807) is 0 Å². The maximum atomic E-state index is 10.5. The van der Waals surface area contributed by atoms with Gasteiger partial charge in [0.1, 0.15) is 0 Å². The van der Waals surface area contributed by atoms with E-state index < -0.39 is 18.0 Å². The number of anilines is 1. The molecule has 1 heterocycles. The van der Waals surface area contributed by atoms with Gasteiger partial charge in [0.15, 0.2) is 0 Å². The molecule has 0 saturated carbocycles. The molecule has 0 radical (unpaired) electrons. The summed E-state index contributed by atoms with van der Waals surface area (Å²) in [5, 5.41) is 30.9. The van der Waals surface area contributed by atoms with Crippen molar-refractivity contribution in [3.63, 3.8) is 0 Å². The highest BCUT2D eigenvalue weighted by Gasteiger charge is 2.24. The predicted molar refractivity (Wildman–Crippen MR) is 123 cm³/mol. The number of rotatable bonds is 6. The highest BCUT2D eigenvalue weighted by atomic mass is 16.4. The molecule has 0 fully saturated rings. The van der Waals surface area contributed by atoms with Crippen LogP contribution in [0.5, 0.6) is 0 Å². The molecule has 2 aromatic carbocycles. The number of aliphatic hydroxyl groups excluding tert-OH is 1. The van der Waals surface area contributed by atoms with E-state index in [0.29, 0.717) is 12.2 Å². The Morgan fingerprint density at radius 2 is 1.66 bits per heavy atom. The fourth-order valence-electron chi connectivity index (χ4n) is 3.74. The average molecular weight is 434 g/mol. The Hall–Kier alpha value is -3.71. The van der Waals surface area contributed by atoms with Crippen molar-refractivity contribution in [3.8, 4) is 0 Å². The summed E-state index contributed by atoms with van der Waals surface area (Å²) in [4.78, 5) is 23.9. The summed E-state index contributed by atoms with van der Waals surface area (Å²) < 4.78 is 0. The second-order valence-electron chi connectivity index (χ2n) is 7.44. The van der Waals surface area contributed by atoms with Gasteiger partial charge in [0.2, 0.25) is 0 Å². The zero-order valence-corrected chi connectivity index (χ0v) is 17.6. The van der Waals surface area contributed by atoms with Crippen molar-refractivity contribution in [1.29, 1.82) is 0 Å². The molecule has 7 nitrogen and oxygen atoms in total. The van der Waals surface area contributed by atoms with Crippen LogP contribution in [-0.2, 0) is 22.4 Å². The van der Waals surface area contributed by atoms with Crippen LogP contribution in [0.15, 0.2) is 66.7 Å². The summed E-state index contributed by atoms with van der Waals surface area (Å²) in [5.74, 6) is -2.51. The molecule has 1 aliphatic carbocycles. The topological polar surface area (TPSA) is 120 Å². The largest absolute Gasteiger partial charge is 0.478 e. The quantitative estimate of drug-likeness (QED) is 0.433. The molecule has 0 bridgehead atoms. The molecule has 7 heteroatoms. The van der Waals surface area contributed by atoms with Gasteiger partial charge in [-0.25, -0.2) is 9.59 Å². The van der Waals surface area contributed by atoms with E-state index in [4.69, 9.17) is 15.2 Å². The highest BCUT2D eigenvalue weighted by Crippen LogP contribution is 2.38. The number of pyridine rings is 1. The van der Waals surface area contributed by atoms with Gasteiger partial charge in [-0.3, -0.25) is 4.98 Å². The molecule has 1 atom stereocenters. The number of nitrogens with one attached hydrogen (secondary N) is 1. The van der Waals surface area contributed by atoms with Crippen LogP contribution in [-0.4, -0.2) is 38.8 Å². The molecule has 0 saturated heterocycles. The lowest BCUT2D eigenvalue weighted by Gasteiger charge is -2.25. The first-order valence-corrected chi connectivity index (χ1v) is 10.5. The van der Waals surface area contributed by atoms with Gasteiger partial charge in [-0.2, -0.15) is 0 Å². The number of carboxylic acid groups (broad SMARTS) is 2. The van der Waals surface area contributed by atoms with Crippen molar-refractivity contribution in [3.05, 3.63) is 83.6 Å². The van der Waals surface area contributed by atoms with Crippen LogP contribution in [0.3, 0.4) is 0 Å². The number of benzene rings is 2. The van der Waals surface area contributed by atoms with Gasteiger partial charge in [0.25, 0.3) is 0 Å². The first kappa shape index (κ1) is 23.0. The summed E-state index contributed by atoms with van der Waals surface area (Å²) in [6.07, 6.45) is 4.44. The fourth-order valence-corrected chi connectivity index (χ4v) is 3.74. The molecule has 32 heavy (non-hydrogen) atoms. The van der Waals surface area contributed by atoms with E-state index in [1.165, 1.54) is 5.56 Å². The molecule has 1 unspecified atom stereocenters. The number of carbonyl (C=O) groups is 2. The van der Waals surface area contributed by atoms with Crippen molar-refractivity contribution in [2.45, 2.75) is 31.8 Å². The first-order valence-electron chi connectivity index (χ1n) is 10.5. The monoisotopic (exact) mass is 434 g/mol. The van der Waals surface area contributed by atoms with Crippen molar-refractivity contribution < 1.29 is 24.9 Å². The van der Waals surface area contributed by atoms with Gasteiger partial charge in [0.05, 0.1) is 17.3 Å². The Labute approximate surface area is 186 Å². The van der Waals surface area contributed by atoms with Gasteiger partial charge in [-0.05, 0) is 37.3 Å². The van der Waals surface area contributed by atoms with E-state index in [-0.39, 0.29) is 0 Å². The number of aromatic nitrogens is 1. The molecule has 0 aliphatic heterocycles. The van der Waals surface area contributed by atoms with Crippen molar-refractivity contribution in [2.24, 2.45) is 0 Å². The fraction of sp³-hybridized carbons (Fsp3) is 0.240. The third-order valence-corrected chi connectivity index (χ3v) is 5.16. The molecule has 1 aliphatic rings. The van der Waals surface area contributed by atoms with E-state index >= 15 is 0 Å². The number of nitrogens with zero attached hydrogens (tertiary/aromatic N) is 1. The number of hydrogen-bond acceptors (Lipinski definition) is 5. The summed E-state index contributed by atoms with van der Waals surface area (Å²) in [6.45, 7) is 0.844. The molecule has 0 spiro atoms. The Morgan fingerprint density at radius 3 is 2.34 bits per heavy atom. The van der Waals surface area contributed by atoms with Crippen LogP contribution >= 0.6 is 0 Å². The predicted octanol–water partition coefficient (Wildman–Crippen LogP) is 3.97. The maximum Gasteiger partial charge on any atom is 0.328 e. The summed E-state index contributed by atoms with van der Waals surface area (Å²) in [6, 6.07) is 18.7. The van der Waals surface area contributed by atoms with Crippen LogP contribution < -0.4 is 5.32 Å². The van der Waals surface area contributed by atoms with E-state index in [9.17, 15) is 14.7 Å². The minimum atomic E-state index is -1.26. The van der Waals surface area contributed by atoms with Crippen molar-refractivity contribution >= 4 is 28.5 Å². The molecule has 4 N–H and O–H groups in total. The van der Waals surface area contributed by atoms with Gasteiger partial charge < -0.3 is 20.6 Å².